The Morgan fingerprint density at radius 2 is 2.00 bits per heavy atom. The van der Waals surface area contributed by atoms with Crippen LogP contribution in [0.1, 0.15) is 13.8 Å². The highest BCUT2D eigenvalue weighted by Gasteiger charge is 2.08. The number of anilines is 2. The molecule has 2 N–H and O–H groups in total. The van der Waals surface area contributed by atoms with Crippen molar-refractivity contribution in [3.8, 4) is 0 Å². The van der Waals surface area contributed by atoms with E-state index in [2.05, 4.69) is 36.5 Å². The van der Waals surface area contributed by atoms with Crippen LogP contribution in [0.4, 0.5) is 11.6 Å². The highest BCUT2D eigenvalue weighted by molar-refractivity contribution is 9.10. The molecular formula is C10H17BrN4O. The summed E-state index contributed by atoms with van der Waals surface area (Å²) in [5, 5.41) is 6.35. The fourth-order valence-corrected chi connectivity index (χ4v) is 1.59. The maximum Gasteiger partial charge on any atom is 0.146 e. The van der Waals surface area contributed by atoms with Crippen molar-refractivity contribution in [3.05, 3.63) is 10.8 Å². The summed E-state index contributed by atoms with van der Waals surface area (Å²) in [6, 6.07) is 0. The first kappa shape index (κ1) is 13.2. The molecule has 0 saturated heterocycles. The van der Waals surface area contributed by atoms with E-state index >= 15 is 0 Å². The third-order valence-electron chi connectivity index (χ3n) is 2.09. The van der Waals surface area contributed by atoms with Crippen molar-refractivity contribution in [2.45, 2.75) is 20.0 Å². The van der Waals surface area contributed by atoms with Crippen LogP contribution in [0, 0.1) is 0 Å². The van der Waals surface area contributed by atoms with Crippen LogP contribution < -0.4 is 10.6 Å². The van der Waals surface area contributed by atoms with E-state index in [9.17, 15) is 0 Å². The monoisotopic (exact) mass is 288 g/mol. The number of nitrogens with zero attached hydrogens (tertiary/aromatic N) is 2. The van der Waals surface area contributed by atoms with Crippen LogP contribution in [-0.4, -0.2) is 36.3 Å². The number of aromatic nitrogens is 2. The molecule has 0 aliphatic heterocycles. The lowest BCUT2D eigenvalue weighted by atomic mass is 10.4. The van der Waals surface area contributed by atoms with Crippen molar-refractivity contribution in [1.82, 2.24) is 9.97 Å². The van der Waals surface area contributed by atoms with Crippen LogP contribution >= 0.6 is 15.9 Å². The molecule has 1 aromatic heterocycles. The minimum atomic E-state index is 0.143. The van der Waals surface area contributed by atoms with E-state index in [0.717, 1.165) is 22.7 Å². The van der Waals surface area contributed by atoms with E-state index in [0.29, 0.717) is 6.54 Å². The molecule has 0 aliphatic carbocycles. The number of nitrogens with one attached hydrogen (secondary N) is 2. The molecule has 5 nitrogen and oxygen atoms in total. The van der Waals surface area contributed by atoms with Crippen LogP contribution in [0.15, 0.2) is 10.8 Å². The standard InChI is InChI=1S/C10H17BrN4O/c1-4-12-9-8(11)10(15-6-14-9)13-5-7(2)16-3/h6-7H,4-5H2,1-3H3,(H2,12,13,14,15). The van der Waals surface area contributed by atoms with Gasteiger partial charge in [0.2, 0.25) is 0 Å². The van der Waals surface area contributed by atoms with E-state index in [-0.39, 0.29) is 6.10 Å². The molecule has 1 atom stereocenters. The van der Waals surface area contributed by atoms with Gasteiger partial charge in [-0.25, -0.2) is 9.97 Å². The molecule has 0 spiro atoms. The van der Waals surface area contributed by atoms with Crippen molar-refractivity contribution in [2.24, 2.45) is 0 Å². The Bertz CT molecular complexity index is 335. The highest BCUT2D eigenvalue weighted by Crippen LogP contribution is 2.26. The van der Waals surface area contributed by atoms with Crippen LogP contribution in [0.5, 0.6) is 0 Å². The number of hydrogen-bond acceptors (Lipinski definition) is 5. The lowest BCUT2D eigenvalue weighted by Gasteiger charge is -2.13. The minimum absolute atomic E-state index is 0.143. The Balaban J connectivity index is 2.69. The van der Waals surface area contributed by atoms with Crippen LogP contribution in [-0.2, 0) is 4.74 Å². The lowest BCUT2D eigenvalue weighted by Crippen LogP contribution is -2.19. The Morgan fingerprint density at radius 3 is 2.56 bits per heavy atom. The molecule has 0 amide bonds. The zero-order chi connectivity index (χ0) is 12.0. The average molecular weight is 289 g/mol. The average Bonchev–Trinajstić information content (AvgIpc) is 2.30. The molecule has 1 unspecified atom stereocenters. The van der Waals surface area contributed by atoms with Gasteiger partial charge in [0.05, 0.1) is 6.10 Å². The van der Waals surface area contributed by atoms with Gasteiger partial charge in [0.1, 0.15) is 22.4 Å². The molecule has 0 saturated carbocycles. The van der Waals surface area contributed by atoms with Gasteiger partial charge in [-0.15, -0.1) is 0 Å². The van der Waals surface area contributed by atoms with E-state index in [1.54, 1.807) is 7.11 Å². The summed E-state index contributed by atoms with van der Waals surface area (Å²) in [4.78, 5) is 8.30. The van der Waals surface area contributed by atoms with Gasteiger partial charge in [0, 0.05) is 20.2 Å². The van der Waals surface area contributed by atoms with Crippen molar-refractivity contribution < 1.29 is 4.74 Å². The van der Waals surface area contributed by atoms with Crippen molar-refractivity contribution in [1.29, 1.82) is 0 Å². The van der Waals surface area contributed by atoms with E-state index in [4.69, 9.17) is 4.74 Å². The Morgan fingerprint density at radius 1 is 1.38 bits per heavy atom. The molecule has 0 bridgehead atoms. The fraction of sp³-hybridized carbons (Fsp3) is 0.600. The number of methoxy groups -OCH3 is 1. The Kier molecular flexibility index (Phi) is 5.48. The second-order valence-corrected chi connectivity index (χ2v) is 4.14. The number of ether oxygens (including phenoxy) is 1. The van der Waals surface area contributed by atoms with Gasteiger partial charge >= 0.3 is 0 Å². The summed E-state index contributed by atoms with van der Waals surface area (Å²) in [5.74, 6) is 1.57. The summed E-state index contributed by atoms with van der Waals surface area (Å²) >= 11 is 3.46. The minimum Gasteiger partial charge on any atom is -0.380 e. The number of rotatable bonds is 6. The maximum atomic E-state index is 5.15. The zero-order valence-electron chi connectivity index (χ0n) is 9.75. The van der Waals surface area contributed by atoms with Crippen LogP contribution in [0.25, 0.3) is 0 Å². The van der Waals surface area contributed by atoms with Crippen molar-refractivity contribution in [3.63, 3.8) is 0 Å². The topological polar surface area (TPSA) is 59.1 Å². The molecule has 1 aromatic rings. The summed E-state index contributed by atoms with van der Waals surface area (Å²) in [5.41, 5.74) is 0. The quantitative estimate of drug-likeness (QED) is 0.840. The molecule has 16 heavy (non-hydrogen) atoms. The molecule has 1 rings (SSSR count). The molecule has 0 aliphatic rings. The summed E-state index contributed by atoms with van der Waals surface area (Å²) in [6.07, 6.45) is 1.67. The fourth-order valence-electron chi connectivity index (χ4n) is 1.11. The predicted octanol–water partition coefficient (Wildman–Crippen LogP) is 2.12. The summed E-state index contributed by atoms with van der Waals surface area (Å²) in [7, 11) is 1.69. The van der Waals surface area contributed by atoms with E-state index in [1.165, 1.54) is 6.33 Å². The van der Waals surface area contributed by atoms with Gasteiger partial charge in [0.25, 0.3) is 0 Å². The second kappa shape index (κ2) is 6.65. The molecule has 6 heteroatoms. The smallest absolute Gasteiger partial charge is 0.146 e. The Labute approximate surface area is 104 Å². The molecule has 0 radical (unpaired) electrons. The van der Waals surface area contributed by atoms with E-state index < -0.39 is 0 Å². The predicted molar refractivity (Wildman–Crippen MR) is 68.9 cm³/mol. The third-order valence-corrected chi connectivity index (χ3v) is 2.84. The molecular weight excluding hydrogens is 272 g/mol. The molecule has 0 aromatic carbocycles. The number of halogens is 1. The summed E-state index contributed by atoms with van der Waals surface area (Å²) in [6.45, 7) is 5.54. The van der Waals surface area contributed by atoms with Gasteiger partial charge in [0.15, 0.2) is 0 Å². The molecule has 0 fully saturated rings. The molecule has 1 heterocycles. The van der Waals surface area contributed by atoms with Crippen molar-refractivity contribution >= 4 is 27.6 Å². The van der Waals surface area contributed by atoms with Gasteiger partial charge in [-0.2, -0.15) is 0 Å². The lowest BCUT2D eigenvalue weighted by molar-refractivity contribution is 0.128. The first-order chi connectivity index (χ1) is 7.69. The summed E-state index contributed by atoms with van der Waals surface area (Å²) < 4.78 is 6.00. The van der Waals surface area contributed by atoms with Crippen LogP contribution in [0.2, 0.25) is 0 Å². The van der Waals surface area contributed by atoms with Gasteiger partial charge in [-0.05, 0) is 29.8 Å². The SMILES string of the molecule is CCNc1ncnc(NCC(C)OC)c1Br. The van der Waals surface area contributed by atoms with Gasteiger partial charge in [-0.3, -0.25) is 0 Å². The van der Waals surface area contributed by atoms with Gasteiger partial charge in [-0.1, -0.05) is 0 Å². The largest absolute Gasteiger partial charge is 0.380 e. The zero-order valence-corrected chi connectivity index (χ0v) is 11.3. The molecule has 90 valence electrons. The maximum absolute atomic E-state index is 5.15. The van der Waals surface area contributed by atoms with Gasteiger partial charge < -0.3 is 15.4 Å². The number of hydrogen-bond donors (Lipinski definition) is 2. The second-order valence-electron chi connectivity index (χ2n) is 3.34. The first-order valence-electron chi connectivity index (χ1n) is 5.20. The third kappa shape index (κ3) is 3.61. The van der Waals surface area contributed by atoms with Crippen LogP contribution in [0.3, 0.4) is 0 Å². The van der Waals surface area contributed by atoms with Crippen molar-refractivity contribution in [2.75, 3.05) is 30.8 Å². The van der Waals surface area contributed by atoms with E-state index in [1.807, 2.05) is 13.8 Å². The highest BCUT2D eigenvalue weighted by atomic mass is 79.9. The normalized spacial score (nSPS) is 12.2. The Hall–Kier alpha value is -0.880. The first-order valence-corrected chi connectivity index (χ1v) is 5.99.